The number of fused-ring (bicyclic) bond motifs is 2. The van der Waals surface area contributed by atoms with Crippen molar-refractivity contribution in [1.29, 1.82) is 0 Å². The van der Waals surface area contributed by atoms with Crippen molar-refractivity contribution in [3.8, 4) is 18.1 Å². The van der Waals surface area contributed by atoms with Crippen molar-refractivity contribution >= 4 is 49.5 Å². The minimum Gasteiger partial charge on any atom is -0.420 e. The van der Waals surface area contributed by atoms with Gasteiger partial charge in [-0.15, -0.1) is 6.42 Å². The molecular weight excluding hydrogens is 744 g/mol. The summed E-state index contributed by atoms with van der Waals surface area (Å²) in [5.41, 5.74) is 2.29. The number of esters is 1. The van der Waals surface area contributed by atoms with Gasteiger partial charge in [0.25, 0.3) is 15.9 Å². The highest BCUT2D eigenvalue weighted by Gasteiger charge is 2.34. The molecule has 0 aliphatic rings. The monoisotopic (exact) mass is 779 g/mol. The average molecular weight is 780 g/mol. The summed E-state index contributed by atoms with van der Waals surface area (Å²) in [5.74, 6) is -12.5. The highest BCUT2D eigenvalue weighted by Crippen LogP contribution is 2.31. The molecule has 0 saturated carbocycles. The zero-order valence-corrected chi connectivity index (χ0v) is 30.5. The molecule has 0 saturated heterocycles. The van der Waals surface area contributed by atoms with Crippen LogP contribution in [0.3, 0.4) is 0 Å². The molecule has 0 bridgehead atoms. The van der Waals surface area contributed by atoms with Crippen molar-refractivity contribution in [2.45, 2.75) is 69.7 Å². The summed E-state index contributed by atoms with van der Waals surface area (Å²) in [6.45, 7) is 1.73. The number of pyridine rings is 1. The number of ketones is 1. The fourth-order valence-electron chi connectivity index (χ4n) is 6.23. The molecule has 55 heavy (non-hydrogen) atoms. The summed E-state index contributed by atoms with van der Waals surface area (Å²) in [4.78, 5) is 39.4. The van der Waals surface area contributed by atoms with Crippen molar-refractivity contribution in [3.63, 3.8) is 0 Å². The average Bonchev–Trinajstić information content (AvgIpc) is 3.17. The largest absolute Gasteiger partial charge is 0.420 e. The molecule has 0 unspecified atom stereocenters. The summed E-state index contributed by atoms with van der Waals surface area (Å²) >= 11 is 0. The quantitative estimate of drug-likeness (QED) is 0.0116. The number of unbranched alkanes of at least 4 members (excludes halogenated alkanes) is 3. The van der Waals surface area contributed by atoms with Crippen LogP contribution in [0, 0.1) is 48.4 Å². The van der Waals surface area contributed by atoms with Crippen LogP contribution in [-0.4, -0.2) is 36.9 Å². The van der Waals surface area contributed by atoms with Gasteiger partial charge >= 0.3 is 5.97 Å². The Morgan fingerprint density at radius 3 is 1.78 bits per heavy atom. The molecule has 5 rings (SSSR count). The summed E-state index contributed by atoms with van der Waals surface area (Å²) < 4.78 is 103. The molecule has 0 spiro atoms. The number of amides is 1. The number of halogens is 5. The zero-order chi connectivity index (χ0) is 39.9. The molecule has 4 aromatic carbocycles. The molecule has 0 N–H and O–H groups in total. The molecule has 8 nitrogen and oxygen atoms in total. The normalized spacial score (nSPS) is 11.4. The van der Waals surface area contributed by atoms with E-state index in [2.05, 4.69) is 10.7 Å². The summed E-state index contributed by atoms with van der Waals surface area (Å²) in [6, 6.07) is 20.3. The van der Waals surface area contributed by atoms with Gasteiger partial charge in [0.05, 0.1) is 21.2 Å². The Morgan fingerprint density at radius 1 is 0.709 bits per heavy atom. The van der Waals surface area contributed by atoms with Gasteiger partial charge in [-0.25, -0.2) is 25.9 Å². The van der Waals surface area contributed by atoms with E-state index < -0.39 is 56.7 Å². The minimum absolute atomic E-state index is 0.0279. The second-order valence-electron chi connectivity index (χ2n) is 12.8. The van der Waals surface area contributed by atoms with E-state index in [1.54, 1.807) is 67.6 Å². The van der Waals surface area contributed by atoms with Crippen LogP contribution in [0.2, 0.25) is 0 Å². The first-order valence-corrected chi connectivity index (χ1v) is 18.9. The Balaban J connectivity index is 1.24. The number of rotatable bonds is 16. The lowest BCUT2D eigenvalue weighted by molar-refractivity contribution is -0.632. The van der Waals surface area contributed by atoms with Crippen molar-refractivity contribution in [2.75, 3.05) is 6.54 Å². The molecule has 1 heterocycles. The second kappa shape index (κ2) is 17.6. The van der Waals surface area contributed by atoms with Gasteiger partial charge < -0.3 is 4.74 Å². The number of aryl methyl sites for hydroxylation is 1. The van der Waals surface area contributed by atoms with E-state index in [4.69, 9.17) is 6.42 Å². The predicted molar refractivity (Wildman–Crippen MR) is 194 cm³/mol. The number of Topliss-reactive ketones (excluding diaryl/α,β-unsaturated/α-hetero) is 1. The number of ether oxygens (including phenoxy) is 1. The highest BCUT2D eigenvalue weighted by atomic mass is 32.2. The van der Waals surface area contributed by atoms with Crippen molar-refractivity contribution in [1.82, 2.24) is 4.31 Å². The van der Waals surface area contributed by atoms with E-state index in [-0.39, 0.29) is 61.4 Å². The fraction of sp³-hybridized carbons (Fsp3) is 0.268. The Morgan fingerprint density at radius 2 is 1.22 bits per heavy atom. The Bertz CT molecular complexity index is 2350. The second-order valence-corrected chi connectivity index (χ2v) is 14.7. The maximum absolute atomic E-state index is 14.6. The van der Waals surface area contributed by atoms with Crippen LogP contribution in [0.5, 0.6) is 5.75 Å². The number of nitrogens with zero attached hydrogens (tertiary/aromatic N) is 2. The van der Waals surface area contributed by atoms with E-state index in [0.717, 1.165) is 9.87 Å². The van der Waals surface area contributed by atoms with E-state index in [1.165, 1.54) is 12.1 Å². The van der Waals surface area contributed by atoms with Crippen LogP contribution in [0.15, 0.2) is 77.7 Å². The molecule has 1 aromatic heterocycles. The maximum Gasteiger partial charge on any atom is 0.311 e. The lowest BCUT2D eigenvalue weighted by Gasteiger charge is -2.24. The van der Waals surface area contributed by atoms with E-state index in [9.17, 15) is 44.8 Å². The molecule has 0 fully saturated rings. The first-order chi connectivity index (χ1) is 26.3. The third-order valence-electron chi connectivity index (χ3n) is 9.02. The minimum atomic E-state index is -4.39. The molecule has 14 heteroatoms. The molecule has 0 aliphatic carbocycles. The standard InChI is InChI=1S/C41H36F5N2O6S/c1-3-24-47-31-17-10-8-15-29(31)34(30-16-9-11-18-32(30)47)41(51)48(55(52,53)28-22-20-26(2)21-23-28)25-12-14-27(49)13-6-4-5-7-19-33(50)54-40-38(45)36(43)35(42)37(44)39(40)46/h1,8-11,15-18,20-23H,4-7,12-14,19,24-25H2,2H3/q+1. The van der Waals surface area contributed by atoms with Gasteiger partial charge in [-0.1, -0.05) is 54.8 Å². The van der Waals surface area contributed by atoms with Crippen LogP contribution in [0.25, 0.3) is 21.8 Å². The summed E-state index contributed by atoms with van der Waals surface area (Å²) in [6.07, 6.45) is 6.85. The Hall–Kier alpha value is -5.68. The summed E-state index contributed by atoms with van der Waals surface area (Å²) in [5, 5.41) is 1.01. The lowest BCUT2D eigenvalue weighted by Crippen LogP contribution is -2.40. The van der Waals surface area contributed by atoms with Crippen molar-refractivity contribution in [3.05, 3.63) is 113 Å². The van der Waals surface area contributed by atoms with E-state index >= 15 is 0 Å². The van der Waals surface area contributed by atoms with Crippen LogP contribution in [0.4, 0.5) is 22.0 Å². The van der Waals surface area contributed by atoms with Gasteiger partial charge in [0.1, 0.15) is 5.78 Å². The van der Waals surface area contributed by atoms with Gasteiger partial charge in [0.15, 0.2) is 0 Å². The number of hydrogen-bond acceptors (Lipinski definition) is 6. The molecule has 1 amide bonds. The van der Waals surface area contributed by atoms with Crippen molar-refractivity contribution in [2.24, 2.45) is 0 Å². The number of terminal acetylenes is 1. The smallest absolute Gasteiger partial charge is 0.311 e. The third-order valence-corrected chi connectivity index (χ3v) is 10.8. The predicted octanol–water partition coefficient (Wildman–Crippen LogP) is 8.04. The van der Waals surface area contributed by atoms with Crippen LogP contribution in [-0.2, 0) is 26.2 Å². The first-order valence-electron chi connectivity index (χ1n) is 17.4. The molecule has 5 aromatic rings. The highest BCUT2D eigenvalue weighted by molar-refractivity contribution is 7.89. The zero-order valence-electron chi connectivity index (χ0n) is 29.7. The number of carbonyl (C=O) groups excluding carboxylic acids is 3. The molecule has 286 valence electrons. The number of carbonyl (C=O) groups is 3. The number of para-hydroxylation sites is 2. The van der Waals surface area contributed by atoms with E-state index in [1.807, 2.05) is 4.57 Å². The number of sulfonamides is 1. The molecule has 0 radical (unpaired) electrons. The van der Waals surface area contributed by atoms with Gasteiger partial charge in [-0.3, -0.25) is 14.4 Å². The van der Waals surface area contributed by atoms with Crippen LogP contribution >= 0.6 is 0 Å². The van der Waals surface area contributed by atoms with Gasteiger partial charge in [0.2, 0.25) is 52.4 Å². The van der Waals surface area contributed by atoms with Gasteiger partial charge in [-0.2, -0.15) is 13.3 Å². The third kappa shape index (κ3) is 8.84. The lowest BCUT2D eigenvalue weighted by atomic mass is 10.0. The molecule has 0 atom stereocenters. The topological polar surface area (TPSA) is 102 Å². The SMILES string of the molecule is C#CC[n+]1c2ccccc2c(C(=O)N(CCCC(=O)CCCCCCC(=O)Oc2c(F)c(F)c(F)c(F)c2F)S(=O)(=O)c2ccc(C)cc2)c2ccccc21. The maximum atomic E-state index is 14.6. The molecule has 0 aliphatic heterocycles. The van der Waals surface area contributed by atoms with Gasteiger partial charge in [0, 0.05) is 37.9 Å². The number of hydrogen-bond donors (Lipinski definition) is 0. The summed E-state index contributed by atoms with van der Waals surface area (Å²) in [7, 11) is -4.39. The Kier molecular flexibility index (Phi) is 13.0. The molecular formula is C41H36F5N2O6S+. The van der Waals surface area contributed by atoms with E-state index in [0.29, 0.717) is 41.1 Å². The van der Waals surface area contributed by atoms with Crippen LogP contribution < -0.4 is 9.30 Å². The van der Waals surface area contributed by atoms with Crippen LogP contribution in [0.1, 0.15) is 67.3 Å². The fourth-order valence-corrected chi connectivity index (χ4v) is 7.64. The number of benzene rings is 4. The Labute approximate surface area is 314 Å². The first kappa shape index (κ1) is 40.5. The van der Waals surface area contributed by atoms with Gasteiger partial charge in [-0.05, 0) is 56.4 Å². The number of aromatic nitrogens is 1. The van der Waals surface area contributed by atoms with Crippen molar-refractivity contribution < 1.29 is 54.1 Å².